The molecule has 0 radical (unpaired) electrons. The van der Waals surface area contributed by atoms with E-state index in [0.29, 0.717) is 29.8 Å². The van der Waals surface area contributed by atoms with Gasteiger partial charge >= 0.3 is 0 Å². The van der Waals surface area contributed by atoms with E-state index in [9.17, 15) is 8.42 Å². The molecule has 0 saturated carbocycles. The maximum atomic E-state index is 12.4. The lowest BCUT2D eigenvalue weighted by molar-refractivity contribution is 0.381. The summed E-state index contributed by atoms with van der Waals surface area (Å²) in [7, 11) is -1.60. The van der Waals surface area contributed by atoms with Crippen LogP contribution in [0.25, 0.3) is 0 Å². The molecule has 6 heteroatoms. The molecular formula is C12H21ClN2O2S. The van der Waals surface area contributed by atoms with Crippen molar-refractivity contribution in [1.29, 1.82) is 0 Å². The minimum atomic E-state index is -3.40. The average Bonchev–Trinajstić information content (AvgIpc) is 2.67. The van der Waals surface area contributed by atoms with Crippen molar-refractivity contribution in [1.82, 2.24) is 8.87 Å². The van der Waals surface area contributed by atoms with Crippen molar-refractivity contribution in [2.45, 2.75) is 31.5 Å². The highest BCUT2D eigenvalue weighted by Gasteiger charge is 2.25. The molecule has 0 unspecified atom stereocenters. The van der Waals surface area contributed by atoms with E-state index in [1.807, 2.05) is 20.8 Å². The first-order valence-corrected chi connectivity index (χ1v) is 8.01. The molecule has 0 amide bonds. The molecule has 104 valence electrons. The van der Waals surface area contributed by atoms with E-state index in [1.165, 1.54) is 4.31 Å². The lowest BCUT2D eigenvalue weighted by Crippen LogP contribution is -2.33. The van der Waals surface area contributed by atoms with Crippen molar-refractivity contribution >= 4 is 21.6 Å². The normalized spacial score (nSPS) is 12.6. The first-order chi connectivity index (χ1) is 8.32. The number of alkyl halides is 1. The Morgan fingerprint density at radius 3 is 2.44 bits per heavy atom. The van der Waals surface area contributed by atoms with Crippen LogP contribution in [-0.2, 0) is 23.0 Å². The van der Waals surface area contributed by atoms with Gasteiger partial charge in [0, 0.05) is 32.0 Å². The van der Waals surface area contributed by atoms with Gasteiger partial charge in [-0.1, -0.05) is 20.8 Å². The first kappa shape index (κ1) is 15.5. The monoisotopic (exact) mass is 292 g/mol. The van der Waals surface area contributed by atoms with Gasteiger partial charge in [-0.15, -0.1) is 11.6 Å². The van der Waals surface area contributed by atoms with Crippen LogP contribution in [0.15, 0.2) is 17.2 Å². The Kier molecular flexibility index (Phi) is 5.25. The van der Waals surface area contributed by atoms with Crippen LogP contribution in [0.2, 0.25) is 0 Å². The largest absolute Gasteiger partial charge is 0.352 e. The van der Waals surface area contributed by atoms with Gasteiger partial charge in [-0.25, -0.2) is 8.42 Å². The second kappa shape index (κ2) is 6.08. The van der Waals surface area contributed by atoms with Crippen LogP contribution in [0.3, 0.4) is 0 Å². The van der Waals surface area contributed by atoms with Crippen LogP contribution in [-0.4, -0.2) is 30.4 Å². The molecule has 1 aromatic heterocycles. The van der Waals surface area contributed by atoms with Gasteiger partial charge in [0.15, 0.2) is 0 Å². The molecule has 0 aliphatic heterocycles. The standard InChI is InChI=1S/C12H21ClN2O2S/c1-5-15(8-10(2)3)18(16,17)12-6-11(7-13)14(4)9-12/h6,9-10H,5,7-8H2,1-4H3. The van der Waals surface area contributed by atoms with E-state index >= 15 is 0 Å². The molecular weight excluding hydrogens is 272 g/mol. The summed E-state index contributed by atoms with van der Waals surface area (Å²) in [4.78, 5) is 0.322. The molecule has 1 aromatic rings. The number of sulfonamides is 1. The van der Waals surface area contributed by atoms with Crippen molar-refractivity contribution < 1.29 is 8.42 Å². The van der Waals surface area contributed by atoms with Crippen molar-refractivity contribution in [3.63, 3.8) is 0 Å². The highest BCUT2D eigenvalue weighted by molar-refractivity contribution is 7.89. The van der Waals surface area contributed by atoms with E-state index in [-0.39, 0.29) is 0 Å². The molecule has 0 fully saturated rings. The Morgan fingerprint density at radius 1 is 1.44 bits per heavy atom. The van der Waals surface area contributed by atoms with E-state index in [0.717, 1.165) is 5.69 Å². The average molecular weight is 293 g/mol. The van der Waals surface area contributed by atoms with Gasteiger partial charge < -0.3 is 4.57 Å². The zero-order valence-corrected chi connectivity index (χ0v) is 12.9. The predicted molar refractivity (Wildman–Crippen MR) is 74.2 cm³/mol. The molecule has 0 atom stereocenters. The van der Waals surface area contributed by atoms with Gasteiger partial charge in [0.2, 0.25) is 10.0 Å². The Labute approximate surface area is 115 Å². The first-order valence-electron chi connectivity index (χ1n) is 6.04. The molecule has 1 heterocycles. The summed E-state index contributed by atoms with van der Waals surface area (Å²) in [5.74, 6) is 0.610. The number of aromatic nitrogens is 1. The zero-order chi connectivity index (χ0) is 13.9. The van der Waals surface area contributed by atoms with Crippen molar-refractivity contribution in [3.8, 4) is 0 Å². The summed E-state index contributed by atoms with van der Waals surface area (Å²) < 4.78 is 28.2. The Balaban J connectivity index is 3.10. The smallest absolute Gasteiger partial charge is 0.244 e. The SMILES string of the molecule is CCN(CC(C)C)S(=O)(=O)c1cc(CCl)n(C)c1. The van der Waals surface area contributed by atoms with Gasteiger partial charge in [-0.2, -0.15) is 4.31 Å². The quantitative estimate of drug-likeness (QED) is 0.756. The van der Waals surface area contributed by atoms with Crippen LogP contribution in [0.5, 0.6) is 0 Å². The second-order valence-corrected chi connectivity index (χ2v) is 6.97. The van der Waals surface area contributed by atoms with Gasteiger partial charge in [0.25, 0.3) is 0 Å². The maximum absolute atomic E-state index is 12.4. The third-order valence-corrected chi connectivity index (χ3v) is 4.96. The molecule has 0 saturated heterocycles. The van der Waals surface area contributed by atoms with E-state index < -0.39 is 10.0 Å². The van der Waals surface area contributed by atoms with Gasteiger partial charge in [0.1, 0.15) is 4.90 Å². The molecule has 0 bridgehead atoms. The fourth-order valence-electron chi connectivity index (χ4n) is 1.80. The number of hydrogen-bond acceptors (Lipinski definition) is 2. The molecule has 18 heavy (non-hydrogen) atoms. The molecule has 0 spiro atoms. The van der Waals surface area contributed by atoms with Crippen molar-refractivity contribution in [2.75, 3.05) is 13.1 Å². The second-order valence-electron chi connectivity index (χ2n) is 4.76. The summed E-state index contributed by atoms with van der Waals surface area (Å²) in [6.45, 7) is 6.88. The number of aryl methyl sites for hydroxylation is 1. The third-order valence-electron chi connectivity index (χ3n) is 2.78. The Morgan fingerprint density at radius 2 is 2.06 bits per heavy atom. The number of rotatable bonds is 6. The van der Waals surface area contributed by atoms with E-state index in [2.05, 4.69) is 0 Å². The summed E-state index contributed by atoms with van der Waals surface area (Å²) >= 11 is 5.76. The van der Waals surface area contributed by atoms with Gasteiger partial charge in [0.05, 0.1) is 5.88 Å². The van der Waals surface area contributed by atoms with E-state index in [4.69, 9.17) is 11.6 Å². The fraction of sp³-hybridized carbons (Fsp3) is 0.667. The van der Waals surface area contributed by atoms with Crippen molar-refractivity contribution in [3.05, 3.63) is 18.0 Å². The molecule has 0 aromatic carbocycles. The summed E-state index contributed by atoms with van der Waals surface area (Å²) in [6.07, 6.45) is 1.62. The Bertz CT molecular complexity index is 494. The number of halogens is 1. The van der Waals surface area contributed by atoms with Crippen LogP contribution in [0.1, 0.15) is 26.5 Å². The molecule has 0 N–H and O–H groups in total. The number of nitrogens with zero attached hydrogens (tertiary/aromatic N) is 2. The summed E-state index contributed by atoms with van der Waals surface area (Å²) in [5, 5.41) is 0. The predicted octanol–water partition coefficient (Wildman–Crippen LogP) is 2.43. The van der Waals surface area contributed by atoms with Crippen LogP contribution in [0.4, 0.5) is 0 Å². The van der Waals surface area contributed by atoms with Crippen LogP contribution < -0.4 is 0 Å². The molecule has 0 aliphatic carbocycles. The Hall–Kier alpha value is -0.520. The molecule has 4 nitrogen and oxygen atoms in total. The maximum Gasteiger partial charge on any atom is 0.244 e. The minimum absolute atomic E-state index is 0.302. The lowest BCUT2D eigenvalue weighted by atomic mass is 10.2. The third kappa shape index (κ3) is 3.28. The highest BCUT2D eigenvalue weighted by atomic mass is 35.5. The minimum Gasteiger partial charge on any atom is -0.352 e. The highest BCUT2D eigenvalue weighted by Crippen LogP contribution is 2.20. The molecule has 1 rings (SSSR count). The van der Waals surface area contributed by atoms with Crippen LogP contribution >= 0.6 is 11.6 Å². The van der Waals surface area contributed by atoms with Gasteiger partial charge in [-0.05, 0) is 12.0 Å². The molecule has 0 aliphatic rings. The van der Waals surface area contributed by atoms with Crippen LogP contribution in [0, 0.1) is 5.92 Å². The topological polar surface area (TPSA) is 42.3 Å². The fourth-order valence-corrected chi connectivity index (χ4v) is 3.78. The zero-order valence-electron chi connectivity index (χ0n) is 11.4. The summed E-state index contributed by atoms with van der Waals surface area (Å²) in [6, 6.07) is 1.64. The lowest BCUT2D eigenvalue weighted by Gasteiger charge is -2.21. The summed E-state index contributed by atoms with van der Waals surface area (Å²) in [5.41, 5.74) is 0.802. The van der Waals surface area contributed by atoms with Crippen molar-refractivity contribution in [2.24, 2.45) is 13.0 Å². The van der Waals surface area contributed by atoms with Gasteiger partial charge in [-0.3, -0.25) is 0 Å². The van der Waals surface area contributed by atoms with E-state index in [1.54, 1.807) is 23.9 Å². The number of hydrogen-bond donors (Lipinski definition) is 0.